The van der Waals surface area contributed by atoms with Crippen molar-refractivity contribution < 1.29 is 75.4 Å². The second kappa shape index (κ2) is 7.14. The van der Waals surface area contributed by atoms with Gasteiger partial charge in [-0.15, -0.1) is 0 Å². The minimum absolute atomic E-state index is 0.851. The first kappa shape index (κ1) is 27.2. The molecule has 0 aliphatic carbocycles. The molecule has 0 saturated carbocycles. The first-order valence-corrected chi connectivity index (χ1v) is 6.59. The minimum atomic E-state index is -8.42. The Kier molecular flexibility index (Phi) is 6.69. The fourth-order valence-corrected chi connectivity index (χ4v) is 1.50. The summed E-state index contributed by atoms with van der Waals surface area (Å²) in [7, 11) is 0. The van der Waals surface area contributed by atoms with Gasteiger partial charge in [0.25, 0.3) is 0 Å². The number of ether oxygens (including phenoxy) is 1. The van der Waals surface area contributed by atoms with Gasteiger partial charge in [-0.05, 0) is 6.92 Å². The molecule has 29 heavy (non-hydrogen) atoms. The van der Waals surface area contributed by atoms with E-state index in [0.717, 1.165) is 6.92 Å². The van der Waals surface area contributed by atoms with Crippen LogP contribution in [0.3, 0.4) is 0 Å². The lowest BCUT2D eigenvalue weighted by atomic mass is 9.89. The van der Waals surface area contributed by atoms with Crippen LogP contribution >= 0.6 is 0 Å². The Labute approximate surface area is 150 Å². The zero-order valence-corrected chi connectivity index (χ0v) is 13.4. The fourth-order valence-electron chi connectivity index (χ4n) is 1.50. The highest BCUT2D eigenvalue weighted by atomic mass is 19.4. The zero-order valence-electron chi connectivity index (χ0n) is 13.4. The zero-order chi connectivity index (χ0) is 24.1. The molecule has 2 nitrogen and oxygen atoms in total. The number of esters is 1. The summed E-state index contributed by atoms with van der Waals surface area (Å²) in [4.78, 5) is 10.9. The van der Waals surface area contributed by atoms with Crippen LogP contribution in [0.4, 0.5) is 65.9 Å². The van der Waals surface area contributed by atoms with E-state index in [1.54, 1.807) is 0 Å². The number of alkyl halides is 15. The number of halogens is 15. The molecule has 0 radical (unpaired) electrons. The molecule has 0 aliphatic heterocycles. The molecule has 172 valence electrons. The summed E-state index contributed by atoms with van der Waals surface area (Å²) in [6.45, 7) is 1.82. The van der Waals surface area contributed by atoms with Crippen LogP contribution < -0.4 is 0 Å². The Balaban J connectivity index is 6.57. The summed E-state index contributed by atoms with van der Waals surface area (Å²) >= 11 is 0. The molecule has 0 bridgehead atoms. The second-order valence-corrected chi connectivity index (χ2v) is 5.14. The van der Waals surface area contributed by atoms with E-state index in [4.69, 9.17) is 0 Å². The minimum Gasteiger partial charge on any atom is -0.462 e. The van der Waals surface area contributed by atoms with Gasteiger partial charge in [-0.25, -0.2) is 4.79 Å². The average molecular weight is 468 g/mol. The van der Waals surface area contributed by atoms with Gasteiger partial charge in [-0.3, -0.25) is 0 Å². The molecule has 0 amide bonds. The summed E-state index contributed by atoms with van der Waals surface area (Å²) in [5.41, 5.74) is -2.99. The summed E-state index contributed by atoms with van der Waals surface area (Å²) < 4.78 is 197. The fraction of sp³-hybridized carbons (Fsp3) is 0.750. The summed E-state index contributed by atoms with van der Waals surface area (Å²) in [6, 6.07) is 0. The van der Waals surface area contributed by atoms with Gasteiger partial charge in [0, 0.05) is 0 Å². The molecule has 0 aromatic rings. The molecular formula is C12H7F15O2. The highest BCUT2D eigenvalue weighted by molar-refractivity contribution is 5.89. The van der Waals surface area contributed by atoms with Gasteiger partial charge < -0.3 is 4.74 Å². The van der Waals surface area contributed by atoms with Crippen molar-refractivity contribution in [2.24, 2.45) is 0 Å². The maximum Gasteiger partial charge on any atom is 0.460 e. The average Bonchev–Trinajstić information content (AvgIpc) is 2.52. The van der Waals surface area contributed by atoms with Crippen LogP contribution in [-0.2, 0) is 9.53 Å². The topological polar surface area (TPSA) is 26.3 Å². The molecule has 0 spiro atoms. The van der Waals surface area contributed by atoms with Gasteiger partial charge >= 0.3 is 47.7 Å². The van der Waals surface area contributed by atoms with Crippen LogP contribution in [-0.4, -0.2) is 54.3 Å². The third-order valence-corrected chi connectivity index (χ3v) is 3.23. The molecule has 0 fully saturated rings. The number of hydrogen-bond acceptors (Lipinski definition) is 2. The van der Waals surface area contributed by atoms with Crippen LogP contribution in [0.2, 0.25) is 0 Å². The molecule has 0 aromatic heterocycles. The standard InChI is InChI=1S/C12H7F15O2/c1-3-29-5(28)4(2)6(13,14)7(15,16)8(17,18)9(19,20)10(21,22)11(23,24)12(25,26)27/h2-3H2,1H3. The van der Waals surface area contributed by atoms with E-state index in [9.17, 15) is 70.7 Å². The van der Waals surface area contributed by atoms with E-state index in [1.165, 1.54) is 0 Å². The summed E-state index contributed by atoms with van der Waals surface area (Å²) in [5, 5.41) is 0. The Bertz CT molecular complexity index is 646. The van der Waals surface area contributed by atoms with E-state index in [0.29, 0.717) is 0 Å². The monoisotopic (exact) mass is 468 g/mol. The lowest BCUT2D eigenvalue weighted by Crippen LogP contribution is -2.72. The number of hydrogen-bond donors (Lipinski definition) is 0. The van der Waals surface area contributed by atoms with Gasteiger partial charge in [-0.2, -0.15) is 65.9 Å². The lowest BCUT2D eigenvalue weighted by Gasteiger charge is -2.41. The van der Waals surface area contributed by atoms with Crippen LogP contribution in [0.5, 0.6) is 0 Å². The Morgan fingerprint density at radius 3 is 1.28 bits per heavy atom. The normalized spacial score (nSPS) is 15.3. The highest BCUT2D eigenvalue weighted by Crippen LogP contribution is 2.63. The Morgan fingerprint density at radius 1 is 0.655 bits per heavy atom. The molecule has 0 N–H and O–H groups in total. The van der Waals surface area contributed by atoms with E-state index in [2.05, 4.69) is 4.74 Å². The smallest absolute Gasteiger partial charge is 0.460 e. The van der Waals surface area contributed by atoms with Crippen molar-refractivity contribution in [3.8, 4) is 0 Å². The van der Waals surface area contributed by atoms with Crippen LogP contribution in [0.1, 0.15) is 6.92 Å². The van der Waals surface area contributed by atoms with Crippen LogP contribution in [0.15, 0.2) is 12.2 Å². The number of carbonyl (C=O) groups is 1. The van der Waals surface area contributed by atoms with Gasteiger partial charge in [0.15, 0.2) is 0 Å². The third-order valence-electron chi connectivity index (χ3n) is 3.23. The van der Waals surface area contributed by atoms with Crippen LogP contribution in [0.25, 0.3) is 0 Å². The molecule has 0 heterocycles. The van der Waals surface area contributed by atoms with Gasteiger partial charge in [0.05, 0.1) is 6.61 Å². The maximum atomic E-state index is 13.5. The van der Waals surface area contributed by atoms with Crippen molar-refractivity contribution in [1.82, 2.24) is 0 Å². The van der Waals surface area contributed by atoms with E-state index >= 15 is 0 Å². The van der Waals surface area contributed by atoms with Crippen molar-refractivity contribution in [2.75, 3.05) is 6.61 Å². The van der Waals surface area contributed by atoms with Crippen molar-refractivity contribution in [1.29, 1.82) is 0 Å². The molecule has 0 unspecified atom stereocenters. The molecule has 0 atom stereocenters. The van der Waals surface area contributed by atoms with Crippen molar-refractivity contribution >= 4 is 5.97 Å². The van der Waals surface area contributed by atoms with Gasteiger partial charge in [-0.1, -0.05) is 6.58 Å². The van der Waals surface area contributed by atoms with E-state index < -0.39 is 59.9 Å². The van der Waals surface area contributed by atoms with Crippen molar-refractivity contribution in [2.45, 2.75) is 48.6 Å². The predicted molar refractivity (Wildman–Crippen MR) is 61.5 cm³/mol. The number of carbonyl (C=O) groups excluding carboxylic acids is 1. The molecule has 0 saturated heterocycles. The Morgan fingerprint density at radius 2 is 0.966 bits per heavy atom. The first-order valence-electron chi connectivity index (χ1n) is 6.59. The van der Waals surface area contributed by atoms with Crippen molar-refractivity contribution in [3.63, 3.8) is 0 Å². The Hall–Kier alpha value is -1.84. The molecular weight excluding hydrogens is 461 g/mol. The predicted octanol–water partition coefficient (Wildman–Crippen LogP) is 5.48. The number of rotatable bonds is 8. The molecule has 0 aromatic carbocycles. The van der Waals surface area contributed by atoms with E-state index in [-0.39, 0.29) is 0 Å². The van der Waals surface area contributed by atoms with Crippen molar-refractivity contribution in [3.05, 3.63) is 12.2 Å². The van der Waals surface area contributed by atoms with Gasteiger partial charge in [0.1, 0.15) is 5.57 Å². The largest absolute Gasteiger partial charge is 0.462 e. The third kappa shape index (κ3) is 3.60. The molecule has 0 aliphatic rings. The summed E-state index contributed by atoms with van der Waals surface area (Å²) in [6.07, 6.45) is -7.68. The second-order valence-electron chi connectivity index (χ2n) is 5.14. The van der Waals surface area contributed by atoms with E-state index in [1.807, 2.05) is 6.58 Å². The molecule has 17 heteroatoms. The van der Waals surface area contributed by atoms with Crippen LogP contribution in [0, 0.1) is 0 Å². The molecule has 0 rings (SSSR count). The highest BCUT2D eigenvalue weighted by Gasteiger charge is 2.93. The summed E-state index contributed by atoms with van der Waals surface area (Å²) in [5.74, 6) is -50.4. The maximum absolute atomic E-state index is 13.5. The lowest BCUT2D eigenvalue weighted by molar-refractivity contribution is -0.450. The SMILES string of the molecule is C=C(C(=O)OCC)C(F)(F)C(F)(F)C(F)(F)C(F)(F)C(F)(F)C(F)(F)C(F)(F)F. The van der Waals surface area contributed by atoms with Gasteiger partial charge in [0.2, 0.25) is 0 Å². The first-order chi connectivity index (χ1) is 12.4. The quantitative estimate of drug-likeness (QED) is 0.268.